The van der Waals surface area contributed by atoms with E-state index in [0.29, 0.717) is 23.2 Å². The molecule has 5 heteroatoms. The van der Waals surface area contributed by atoms with Crippen molar-refractivity contribution in [3.8, 4) is 0 Å². The van der Waals surface area contributed by atoms with Gasteiger partial charge in [-0.05, 0) is 55.7 Å². The van der Waals surface area contributed by atoms with Crippen LogP contribution in [0.2, 0.25) is 0 Å². The van der Waals surface area contributed by atoms with Gasteiger partial charge in [0.25, 0.3) is 0 Å². The average Bonchev–Trinajstić information content (AvgIpc) is 3.08. The van der Waals surface area contributed by atoms with E-state index in [1.165, 1.54) is 6.42 Å². The minimum Gasteiger partial charge on any atom is -0.207 e. The Labute approximate surface area is 126 Å². The number of alkyl halides is 1. The SMILES string of the molecule is O=S(=O)(c1ccc(CCCCl)cc1)N1CC2CCC1C2. The summed E-state index contributed by atoms with van der Waals surface area (Å²) in [5.74, 6) is 1.22. The van der Waals surface area contributed by atoms with Crippen LogP contribution >= 0.6 is 11.6 Å². The van der Waals surface area contributed by atoms with Crippen molar-refractivity contribution in [2.75, 3.05) is 12.4 Å². The molecule has 2 bridgehead atoms. The van der Waals surface area contributed by atoms with E-state index >= 15 is 0 Å². The Morgan fingerprint density at radius 3 is 2.50 bits per heavy atom. The molecular formula is C15H20ClNO2S. The second-order valence-electron chi connectivity index (χ2n) is 5.84. The molecule has 1 aliphatic carbocycles. The quantitative estimate of drug-likeness (QED) is 0.784. The molecule has 0 N–H and O–H groups in total. The molecule has 3 rings (SSSR count). The Bertz CT molecular complexity index is 570. The first-order valence-electron chi connectivity index (χ1n) is 7.28. The Morgan fingerprint density at radius 1 is 1.20 bits per heavy atom. The number of rotatable bonds is 5. The van der Waals surface area contributed by atoms with Gasteiger partial charge in [0.1, 0.15) is 0 Å². The van der Waals surface area contributed by atoms with E-state index in [-0.39, 0.29) is 6.04 Å². The van der Waals surface area contributed by atoms with Gasteiger partial charge >= 0.3 is 0 Å². The second kappa shape index (κ2) is 5.66. The zero-order valence-electron chi connectivity index (χ0n) is 11.5. The summed E-state index contributed by atoms with van der Waals surface area (Å²) in [6, 6.07) is 7.54. The molecule has 20 heavy (non-hydrogen) atoms. The number of benzene rings is 1. The van der Waals surface area contributed by atoms with Crippen LogP contribution in [0, 0.1) is 5.92 Å². The van der Waals surface area contributed by atoms with Crippen LogP contribution in [-0.2, 0) is 16.4 Å². The number of piperidine rings is 1. The third kappa shape index (κ3) is 2.61. The van der Waals surface area contributed by atoms with E-state index in [2.05, 4.69) is 0 Å². The number of nitrogens with zero attached hydrogens (tertiary/aromatic N) is 1. The summed E-state index contributed by atoms with van der Waals surface area (Å²) in [5, 5.41) is 0. The monoisotopic (exact) mass is 313 g/mol. The lowest BCUT2D eigenvalue weighted by Gasteiger charge is -2.26. The normalized spacial score (nSPS) is 26.2. The lowest BCUT2D eigenvalue weighted by atomic mass is 10.1. The zero-order chi connectivity index (χ0) is 14.2. The minimum atomic E-state index is -3.30. The summed E-state index contributed by atoms with van der Waals surface area (Å²) in [5.41, 5.74) is 1.15. The smallest absolute Gasteiger partial charge is 0.207 e. The molecule has 1 aromatic carbocycles. The van der Waals surface area contributed by atoms with E-state index in [1.54, 1.807) is 16.4 Å². The number of hydrogen-bond donors (Lipinski definition) is 0. The van der Waals surface area contributed by atoms with Crippen molar-refractivity contribution in [1.29, 1.82) is 0 Å². The average molecular weight is 314 g/mol. The molecule has 1 heterocycles. The number of aryl methyl sites for hydroxylation is 1. The van der Waals surface area contributed by atoms with E-state index in [1.807, 2.05) is 12.1 Å². The van der Waals surface area contributed by atoms with Crippen molar-refractivity contribution in [3.63, 3.8) is 0 Å². The largest absolute Gasteiger partial charge is 0.243 e. The van der Waals surface area contributed by atoms with Gasteiger partial charge in [-0.25, -0.2) is 8.42 Å². The topological polar surface area (TPSA) is 37.4 Å². The molecule has 2 fully saturated rings. The van der Waals surface area contributed by atoms with Crippen LogP contribution < -0.4 is 0 Å². The van der Waals surface area contributed by atoms with Crippen LogP contribution in [0.4, 0.5) is 0 Å². The summed E-state index contributed by atoms with van der Waals surface area (Å²) in [6.07, 6.45) is 5.08. The molecule has 110 valence electrons. The molecule has 2 aliphatic rings. The predicted octanol–water partition coefficient (Wildman–Crippen LogP) is 3.03. The molecule has 0 spiro atoms. The second-order valence-corrected chi connectivity index (χ2v) is 8.11. The zero-order valence-corrected chi connectivity index (χ0v) is 13.0. The summed E-state index contributed by atoms with van der Waals surface area (Å²) >= 11 is 5.67. The third-order valence-electron chi connectivity index (χ3n) is 4.49. The molecule has 0 amide bonds. The van der Waals surface area contributed by atoms with Gasteiger partial charge in [0, 0.05) is 18.5 Å². The van der Waals surface area contributed by atoms with Gasteiger partial charge < -0.3 is 0 Å². The third-order valence-corrected chi connectivity index (χ3v) is 6.69. The summed E-state index contributed by atoms with van der Waals surface area (Å²) in [4.78, 5) is 0.430. The van der Waals surface area contributed by atoms with Gasteiger partial charge in [0.05, 0.1) is 4.90 Å². The molecular weight excluding hydrogens is 294 g/mol. The van der Waals surface area contributed by atoms with Crippen molar-refractivity contribution in [3.05, 3.63) is 29.8 Å². The Kier molecular flexibility index (Phi) is 4.07. The van der Waals surface area contributed by atoms with Gasteiger partial charge in [-0.15, -0.1) is 11.6 Å². The fourth-order valence-electron chi connectivity index (χ4n) is 3.41. The maximum atomic E-state index is 12.7. The number of sulfonamides is 1. The van der Waals surface area contributed by atoms with Crippen LogP contribution in [0.25, 0.3) is 0 Å². The predicted molar refractivity (Wildman–Crippen MR) is 80.5 cm³/mol. The molecule has 0 aromatic heterocycles. The van der Waals surface area contributed by atoms with Crippen LogP contribution in [0.15, 0.2) is 29.2 Å². The molecule has 2 atom stereocenters. The summed E-state index contributed by atoms with van der Waals surface area (Å²) < 4.78 is 27.0. The van der Waals surface area contributed by atoms with E-state index in [4.69, 9.17) is 11.6 Å². The fraction of sp³-hybridized carbons (Fsp3) is 0.600. The highest BCUT2D eigenvalue weighted by Gasteiger charge is 2.44. The highest BCUT2D eigenvalue weighted by molar-refractivity contribution is 7.89. The minimum absolute atomic E-state index is 0.237. The summed E-state index contributed by atoms with van der Waals surface area (Å²) in [7, 11) is -3.30. The van der Waals surface area contributed by atoms with Crippen molar-refractivity contribution >= 4 is 21.6 Å². The number of hydrogen-bond acceptors (Lipinski definition) is 2. The standard InChI is InChI=1S/C15H20ClNO2S/c16-9-1-2-12-4-7-15(8-5-12)20(18,19)17-11-13-3-6-14(17)10-13/h4-5,7-8,13-14H,1-3,6,9-11H2. The van der Waals surface area contributed by atoms with E-state index < -0.39 is 10.0 Å². The van der Waals surface area contributed by atoms with Crippen molar-refractivity contribution in [2.45, 2.75) is 43.0 Å². The molecule has 3 nitrogen and oxygen atoms in total. The van der Waals surface area contributed by atoms with E-state index in [0.717, 1.165) is 31.2 Å². The highest BCUT2D eigenvalue weighted by atomic mass is 35.5. The van der Waals surface area contributed by atoms with Crippen molar-refractivity contribution in [1.82, 2.24) is 4.31 Å². The lowest BCUT2D eigenvalue weighted by molar-refractivity contribution is 0.333. The Morgan fingerprint density at radius 2 is 1.95 bits per heavy atom. The van der Waals surface area contributed by atoms with Gasteiger partial charge in [0.2, 0.25) is 10.0 Å². The number of halogens is 1. The van der Waals surface area contributed by atoms with Crippen LogP contribution in [0.5, 0.6) is 0 Å². The first-order chi connectivity index (χ1) is 9.61. The van der Waals surface area contributed by atoms with Crippen LogP contribution in [-0.4, -0.2) is 31.2 Å². The summed E-state index contributed by atoms with van der Waals surface area (Å²) in [6.45, 7) is 0.709. The molecule has 2 unspecified atom stereocenters. The molecule has 1 saturated carbocycles. The van der Waals surface area contributed by atoms with Crippen molar-refractivity contribution in [2.24, 2.45) is 5.92 Å². The van der Waals surface area contributed by atoms with Gasteiger partial charge in [-0.2, -0.15) is 4.31 Å². The molecule has 0 radical (unpaired) electrons. The fourth-order valence-corrected chi connectivity index (χ4v) is 5.28. The first kappa shape index (κ1) is 14.4. The maximum absolute atomic E-state index is 12.7. The highest BCUT2D eigenvalue weighted by Crippen LogP contribution is 2.40. The van der Waals surface area contributed by atoms with Crippen LogP contribution in [0.1, 0.15) is 31.2 Å². The van der Waals surface area contributed by atoms with Crippen LogP contribution in [0.3, 0.4) is 0 Å². The van der Waals surface area contributed by atoms with Crippen molar-refractivity contribution < 1.29 is 8.42 Å². The molecule has 1 aliphatic heterocycles. The van der Waals surface area contributed by atoms with Gasteiger partial charge in [-0.3, -0.25) is 0 Å². The van der Waals surface area contributed by atoms with Gasteiger partial charge in [-0.1, -0.05) is 12.1 Å². The lowest BCUT2D eigenvalue weighted by Crippen LogP contribution is -2.37. The molecule has 1 aromatic rings. The maximum Gasteiger partial charge on any atom is 0.243 e. The first-order valence-corrected chi connectivity index (χ1v) is 9.25. The Hall–Kier alpha value is -0.580. The van der Waals surface area contributed by atoms with E-state index in [9.17, 15) is 8.42 Å². The Balaban J connectivity index is 1.77. The molecule has 1 saturated heterocycles. The van der Waals surface area contributed by atoms with Gasteiger partial charge in [0.15, 0.2) is 0 Å². The number of fused-ring (bicyclic) bond motifs is 2.